The zero-order chi connectivity index (χ0) is 12.8. The lowest BCUT2D eigenvalue weighted by Crippen LogP contribution is -2.55. The van der Waals surface area contributed by atoms with Gasteiger partial charge in [-0.1, -0.05) is 6.92 Å². The van der Waals surface area contributed by atoms with Crippen LogP contribution in [0.15, 0.2) is 24.5 Å². The molecule has 96 valence electrons. The molecule has 2 aromatic heterocycles. The summed E-state index contributed by atoms with van der Waals surface area (Å²) in [5.74, 6) is 0.906. The minimum Gasteiger partial charge on any atom is -0.493 e. The number of hydrogen-bond acceptors (Lipinski definition) is 3. The minimum atomic E-state index is 0.298. The minimum absolute atomic E-state index is 0.298. The molecule has 0 N–H and O–H groups in total. The smallest absolute Gasteiger partial charge is 0.140 e. The first-order valence-electron chi connectivity index (χ1n) is 6.31. The second kappa shape index (κ2) is 3.99. The summed E-state index contributed by atoms with van der Waals surface area (Å²) >= 11 is 0. The highest BCUT2D eigenvalue weighted by Gasteiger charge is 2.37. The van der Waals surface area contributed by atoms with Crippen LogP contribution in [-0.4, -0.2) is 41.0 Å². The Bertz CT molecular complexity index is 569. The van der Waals surface area contributed by atoms with E-state index in [4.69, 9.17) is 4.74 Å². The van der Waals surface area contributed by atoms with E-state index in [1.807, 2.05) is 31.5 Å². The molecule has 0 aromatic carbocycles. The first kappa shape index (κ1) is 11.5. The molecular weight excluding hydrogens is 226 g/mol. The second-order valence-electron chi connectivity index (χ2n) is 5.76. The molecule has 0 radical (unpaired) electrons. The zero-order valence-corrected chi connectivity index (χ0v) is 11.2. The van der Waals surface area contributed by atoms with E-state index in [1.165, 1.54) is 0 Å². The van der Waals surface area contributed by atoms with Gasteiger partial charge in [0.05, 0.1) is 6.61 Å². The van der Waals surface area contributed by atoms with Crippen LogP contribution in [0.3, 0.4) is 0 Å². The van der Waals surface area contributed by atoms with Crippen molar-refractivity contribution >= 4 is 5.65 Å². The Hall–Kier alpha value is -1.55. The maximum absolute atomic E-state index is 5.90. The summed E-state index contributed by atoms with van der Waals surface area (Å²) in [6.45, 7) is 7.31. The van der Waals surface area contributed by atoms with E-state index in [0.717, 1.165) is 36.8 Å². The Morgan fingerprint density at radius 1 is 1.44 bits per heavy atom. The first-order valence-corrected chi connectivity index (χ1v) is 6.31. The molecule has 3 rings (SSSR count). The van der Waals surface area contributed by atoms with Crippen molar-refractivity contribution in [3.63, 3.8) is 0 Å². The van der Waals surface area contributed by atoms with Gasteiger partial charge in [0.15, 0.2) is 0 Å². The van der Waals surface area contributed by atoms with Gasteiger partial charge in [0.1, 0.15) is 11.4 Å². The molecule has 0 atom stereocenters. The summed E-state index contributed by atoms with van der Waals surface area (Å²) in [6, 6.07) is 4.01. The third-order valence-electron chi connectivity index (χ3n) is 3.56. The predicted molar refractivity (Wildman–Crippen MR) is 71.0 cm³/mol. The van der Waals surface area contributed by atoms with Gasteiger partial charge in [-0.25, -0.2) is 4.98 Å². The summed E-state index contributed by atoms with van der Waals surface area (Å²) < 4.78 is 7.96. The first-order chi connectivity index (χ1) is 8.56. The van der Waals surface area contributed by atoms with E-state index in [0.29, 0.717) is 5.41 Å². The van der Waals surface area contributed by atoms with Crippen molar-refractivity contribution in [2.75, 3.05) is 26.7 Å². The van der Waals surface area contributed by atoms with Crippen molar-refractivity contribution in [2.24, 2.45) is 5.41 Å². The van der Waals surface area contributed by atoms with Crippen LogP contribution in [0.2, 0.25) is 0 Å². The molecule has 2 aromatic rings. The molecule has 18 heavy (non-hydrogen) atoms. The van der Waals surface area contributed by atoms with Crippen molar-refractivity contribution in [3.05, 3.63) is 30.2 Å². The molecule has 0 aliphatic carbocycles. The standard InChI is InChI=1S/C14H19N3O/c1-11-7-15-13-6-12(4-5-17(11)13)18-10-14(2)8-16(3)9-14/h4-7H,8-10H2,1-3H3. The molecular formula is C14H19N3O. The normalized spacial score (nSPS) is 18.8. The van der Waals surface area contributed by atoms with Crippen LogP contribution in [0.1, 0.15) is 12.6 Å². The molecule has 3 heterocycles. The van der Waals surface area contributed by atoms with E-state index in [2.05, 4.69) is 28.3 Å². The molecule has 4 nitrogen and oxygen atoms in total. The van der Waals surface area contributed by atoms with Crippen LogP contribution in [0.4, 0.5) is 0 Å². The van der Waals surface area contributed by atoms with Crippen LogP contribution in [0, 0.1) is 12.3 Å². The van der Waals surface area contributed by atoms with E-state index in [-0.39, 0.29) is 0 Å². The zero-order valence-electron chi connectivity index (χ0n) is 11.2. The lowest BCUT2D eigenvalue weighted by molar-refractivity contribution is -0.00136. The second-order valence-corrected chi connectivity index (χ2v) is 5.76. The summed E-state index contributed by atoms with van der Waals surface area (Å²) in [7, 11) is 2.14. The topological polar surface area (TPSA) is 29.8 Å². The average molecular weight is 245 g/mol. The number of likely N-dealkylation sites (tertiary alicyclic amines) is 1. The predicted octanol–water partition coefficient (Wildman–Crippen LogP) is 1.97. The number of hydrogen-bond donors (Lipinski definition) is 0. The fraction of sp³-hybridized carbons (Fsp3) is 0.500. The summed E-state index contributed by atoms with van der Waals surface area (Å²) in [4.78, 5) is 6.65. The maximum atomic E-state index is 5.90. The number of rotatable bonds is 3. The Labute approximate surface area is 107 Å². The highest BCUT2D eigenvalue weighted by molar-refractivity contribution is 5.45. The Morgan fingerprint density at radius 2 is 2.22 bits per heavy atom. The summed E-state index contributed by atoms with van der Waals surface area (Å²) in [5, 5.41) is 0. The summed E-state index contributed by atoms with van der Waals surface area (Å²) in [6.07, 6.45) is 3.89. The van der Waals surface area contributed by atoms with E-state index >= 15 is 0 Å². The molecule has 1 aliphatic heterocycles. The van der Waals surface area contributed by atoms with Gasteiger partial charge in [0.25, 0.3) is 0 Å². The third kappa shape index (κ3) is 1.97. The number of pyridine rings is 1. The molecule has 0 bridgehead atoms. The number of aryl methyl sites for hydroxylation is 1. The number of ether oxygens (including phenoxy) is 1. The van der Waals surface area contributed by atoms with E-state index in [9.17, 15) is 0 Å². The van der Waals surface area contributed by atoms with Gasteiger partial charge in [-0.3, -0.25) is 0 Å². The Balaban J connectivity index is 1.71. The Morgan fingerprint density at radius 3 is 2.94 bits per heavy atom. The van der Waals surface area contributed by atoms with E-state index in [1.54, 1.807) is 0 Å². The van der Waals surface area contributed by atoms with Gasteiger partial charge < -0.3 is 14.0 Å². The fourth-order valence-electron chi connectivity index (χ4n) is 2.78. The molecule has 0 spiro atoms. The molecule has 1 saturated heterocycles. The maximum Gasteiger partial charge on any atom is 0.140 e. The third-order valence-corrected chi connectivity index (χ3v) is 3.56. The highest BCUT2D eigenvalue weighted by Crippen LogP contribution is 2.29. The van der Waals surface area contributed by atoms with Gasteiger partial charge in [0.2, 0.25) is 0 Å². The number of fused-ring (bicyclic) bond motifs is 1. The number of imidazole rings is 1. The molecule has 0 amide bonds. The lowest BCUT2D eigenvalue weighted by Gasteiger charge is -2.45. The fourth-order valence-corrected chi connectivity index (χ4v) is 2.78. The summed E-state index contributed by atoms with van der Waals surface area (Å²) in [5.41, 5.74) is 2.39. The van der Waals surface area contributed by atoms with Crippen LogP contribution in [0.5, 0.6) is 5.75 Å². The van der Waals surface area contributed by atoms with Crippen molar-refractivity contribution in [2.45, 2.75) is 13.8 Å². The van der Waals surface area contributed by atoms with Crippen LogP contribution < -0.4 is 4.74 Å². The van der Waals surface area contributed by atoms with Gasteiger partial charge in [0, 0.05) is 42.7 Å². The van der Waals surface area contributed by atoms with Crippen LogP contribution in [-0.2, 0) is 0 Å². The van der Waals surface area contributed by atoms with Gasteiger partial charge in [-0.2, -0.15) is 0 Å². The van der Waals surface area contributed by atoms with Crippen molar-refractivity contribution < 1.29 is 4.74 Å². The quantitative estimate of drug-likeness (QED) is 0.828. The molecule has 1 fully saturated rings. The largest absolute Gasteiger partial charge is 0.493 e. The molecule has 4 heteroatoms. The van der Waals surface area contributed by atoms with Crippen molar-refractivity contribution in [1.29, 1.82) is 0 Å². The average Bonchev–Trinajstić information content (AvgIpc) is 2.67. The van der Waals surface area contributed by atoms with Crippen molar-refractivity contribution in [1.82, 2.24) is 14.3 Å². The number of nitrogens with zero attached hydrogens (tertiary/aromatic N) is 3. The highest BCUT2D eigenvalue weighted by atomic mass is 16.5. The Kier molecular flexibility index (Phi) is 2.55. The van der Waals surface area contributed by atoms with Crippen LogP contribution >= 0.6 is 0 Å². The monoisotopic (exact) mass is 245 g/mol. The van der Waals surface area contributed by atoms with Crippen molar-refractivity contribution in [3.8, 4) is 5.75 Å². The van der Waals surface area contributed by atoms with Gasteiger partial charge in [-0.15, -0.1) is 0 Å². The number of aromatic nitrogens is 2. The molecule has 1 aliphatic rings. The molecule has 0 saturated carbocycles. The van der Waals surface area contributed by atoms with E-state index < -0.39 is 0 Å². The van der Waals surface area contributed by atoms with Crippen LogP contribution in [0.25, 0.3) is 5.65 Å². The van der Waals surface area contributed by atoms with Gasteiger partial charge >= 0.3 is 0 Å². The molecule has 0 unspecified atom stereocenters. The van der Waals surface area contributed by atoms with Gasteiger partial charge in [-0.05, 0) is 20.0 Å². The lowest BCUT2D eigenvalue weighted by atomic mass is 9.83. The SMILES string of the molecule is Cc1cnc2cc(OCC3(C)CN(C)C3)ccn12.